The van der Waals surface area contributed by atoms with Crippen LogP contribution in [0.5, 0.6) is 0 Å². The third-order valence-corrected chi connectivity index (χ3v) is 2.45. The fourth-order valence-electron chi connectivity index (χ4n) is 1.23. The van der Waals surface area contributed by atoms with Crippen LogP contribution in [0.2, 0.25) is 0 Å². The molecule has 1 rings (SSSR count). The molecule has 1 aliphatic rings. The van der Waals surface area contributed by atoms with Crippen LogP contribution in [-0.2, 0) is 0 Å². The van der Waals surface area contributed by atoms with E-state index in [0.717, 1.165) is 0 Å². The summed E-state index contributed by atoms with van der Waals surface area (Å²) >= 11 is 0. The van der Waals surface area contributed by atoms with Crippen molar-refractivity contribution in [1.29, 1.82) is 5.26 Å². The van der Waals surface area contributed by atoms with Crippen LogP contribution in [0.3, 0.4) is 0 Å². The van der Waals surface area contributed by atoms with Gasteiger partial charge in [0, 0.05) is 11.5 Å². The zero-order valence-corrected chi connectivity index (χ0v) is 6.26. The third-order valence-electron chi connectivity index (χ3n) is 2.45. The Morgan fingerprint density at radius 1 is 1.70 bits per heavy atom. The Labute approximate surface area is 60.7 Å². The largest absolute Gasteiger partial charge is 0.392 e. The molecule has 2 unspecified atom stereocenters. The van der Waals surface area contributed by atoms with E-state index in [4.69, 9.17) is 5.26 Å². The van der Waals surface area contributed by atoms with Gasteiger partial charge >= 0.3 is 0 Å². The topological polar surface area (TPSA) is 56.0 Å². The highest BCUT2D eigenvalue weighted by molar-refractivity contribution is 5.03. The van der Waals surface area contributed by atoms with Crippen LogP contribution < -0.4 is 5.32 Å². The Kier molecular flexibility index (Phi) is 1.57. The molecule has 3 heteroatoms. The molecule has 0 radical (unpaired) electrons. The third kappa shape index (κ3) is 0.850. The molecule has 0 spiro atoms. The molecular weight excluding hydrogens is 128 g/mol. The van der Waals surface area contributed by atoms with Crippen LogP contribution in [0, 0.1) is 16.9 Å². The second-order valence-corrected chi connectivity index (χ2v) is 3.38. The van der Waals surface area contributed by atoms with E-state index in [1.807, 2.05) is 20.0 Å². The number of nitrogens with one attached hydrogen (secondary N) is 1. The lowest BCUT2D eigenvalue weighted by Gasteiger charge is -2.48. The van der Waals surface area contributed by atoms with Gasteiger partial charge in [-0.1, -0.05) is 13.8 Å². The lowest BCUT2D eigenvalue weighted by atomic mass is 9.65. The Morgan fingerprint density at radius 2 is 2.30 bits per heavy atom. The molecule has 10 heavy (non-hydrogen) atoms. The maximum atomic E-state index is 9.22. The smallest absolute Gasteiger partial charge is 0.176 e. The molecule has 1 aliphatic carbocycles. The molecule has 0 aromatic heterocycles. The standard InChI is InChI=1S/C7H12N2O/c1-7(2)5(9-4-8)3-6(7)10/h5-6,9-10H,3H2,1-2H3. The fourth-order valence-corrected chi connectivity index (χ4v) is 1.23. The summed E-state index contributed by atoms with van der Waals surface area (Å²) in [7, 11) is 0. The molecule has 0 saturated heterocycles. The van der Waals surface area contributed by atoms with Crippen molar-refractivity contribution < 1.29 is 5.11 Å². The second kappa shape index (κ2) is 2.14. The van der Waals surface area contributed by atoms with Crippen molar-refractivity contribution in [2.75, 3.05) is 0 Å². The van der Waals surface area contributed by atoms with Crippen molar-refractivity contribution in [1.82, 2.24) is 5.32 Å². The van der Waals surface area contributed by atoms with Crippen LogP contribution in [0.15, 0.2) is 0 Å². The van der Waals surface area contributed by atoms with Crippen molar-refractivity contribution in [2.45, 2.75) is 32.4 Å². The van der Waals surface area contributed by atoms with E-state index in [1.165, 1.54) is 0 Å². The monoisotopic (exact) mass is 140 g/mol. The molecule has 3 nitrogen and oxygen atoms in total. The summed E-state index contributed by atoms with van der Waals surface area (Å²) in [5.41, 5.74) is -0.129. The highest BCUT2D eigenvalue weighted by atomic mass is 16.3. The van der Waals surface area contributed by atoms with Gasteiger partial charge in [-0.15, -0.1) is 0 Å². The zero-order chi connectivity index (χ0) is 7.78. The number of rotatable bonds is 1. The van der Waals surface area contributed by atoms with Crippen LogP contribution >= 0.6 is 0 Å². The Hall–Kier alpha value is -0.750. The van der Waals surface area contributed by atoms with Crippen molar-refractivity contribution in [2.24, 2.45) is 5.41 Å². The van der Waals surface area contributed by atoms with Crippen LogP contribution in [-0.4, -0.2) is 17.3 Å². The predicted octanol–water partition coefficient (Wildman–Crippen LogP) is 0.216. The predicted molar refractivity (Wildman–Crippen MR) is 36.9 cm³/mol. The molecule has 1 fully saturated rings. The summed E-state index contributed by atoms with van der Waals surface area (Å²) in [5.74, 6) is 0. The molecule has 0 aromatic carbocycles. The van der Waals surface area contributed by atoms with E-state index in [0.29, 0.717) is 6.42 Å². The van der Waals surface area contributed by atoms with Crippen LogP contribution in [0.4, 0.5) is 0 Å². The summed E-state index contributed by atoms with van der Waals surface area (Å²) in [5, 5.41) is 20.1. The van der Waals surface area contributed by atoms with Crippen molar-refractivity contribution >= 4 is 0 Å². The maximum Gasteiger partial charge on any atom is 0.176 e. The first kappa shape index (κ1) is 7.36. The van der Waals surface area contributed by atoms with Gasteiger partial charge in [0.05, 0.1) is 6.10 Å². The number of hydrogen-bond acceptors (Lipinski definition) is 3. The number of hydrogen-bond donors (Lipinski definition) is 2. The lowest BCUT2D eigenvalue weighted by molar-refractivity contribution is -0.0671. The highest BCUT2D eigenvalue weighted by Crippen LogP contribution is 2.40. The average Bonchev–Trinajstić information content (AvgIpc) is 1.88. The van der Waals surface area contributed by atoms with Crippen molar-refractivity contribution in [3.63, 3.8) is 0 Å². The van der Waals surface area contributed by atoms with Gasteiger partial charge in [0.2, 0.25) is 0 Å². The number of aliphatic hydroxyl groups excluding tert-OH is 1. The number of nitriles is 1. The van der Waals surface area contributed by atoms with Gasteiger partial charge in [0.25, 0.3) is 0 Å². The van der Waals surface area contributed by atoms with Gasteiger partial charge in [-0.25, -0.2) is 0 Å². The molecule has 1 saturated carbocycles. The lowest BCUT2D eigenvalue weighted by Crippen LogP contribution is -2.58. The molecule has 0 amide bonds. The minimum atomic E-state index is -0.252. The first-order valence-electron chi connectivity index (χ1n) is 3.41. The summed E-state index contributed by atoms with van der Waals surface area (Å²) in [6.07, 6.45) is 2.33. The molecule has 0 bridgehead atoms. The van der Waals surface area contributed by atoms with E-state index in [-0.39, 0.29) is 17.6 Å². The Balaban J connectivity index is 2.48. The molecule has 0 aliphatic heterocycles. The van der Waals surface area contributed by atoms with Gasteiger partial charge < -0.3 is 10.4 Å². The summed E-state index contributed by atoms with van der Waals surface area (Å²) in [4.78, 5) is 0. The van der Waals surface area contributed by atoms with E-state index in [9.17, 15) is 5.11 Å². The van der Waals surface area contributed by atoms with Crippen molar-refractivity contribution in [3.05, 3.63) is 0 Å². The van der Waals surface area contributed by atoms with Gasteiger partial charge in [0.15, 0.2) is 6.19 Å². The van der Waals surface area contributed by atoms with E-state index in [1.54, 1.807) is 0 Å². The first-order valence-corrected chi connectivity index (χ1v) is 3.41. The Bertz CT molecular complexity index is 171. The van der Waals surface area contributed by atoms with Gasteiger partial charge in [-0.3, -0.25) is 0 Å². The van der Waals surface area contributed by atoms with Gasteiger partial charge in [0.1, 0.15) is 0 Å². The molecular formula is C7H12N2O. The van der Waals surface area contributed by atoms with E-state index < -0.39 is 0 Å². The molecule has 56 valence electrons. The first-order chi connectivity index (χ1) is 4.59. The van der Waals surface area contributed by atoms with E-state index >= 15 is 0 Å². The highest BCUT2D eigenvalue weighted by Gasteiger charge is 2.47. The van der Waals surface area contributed by atoms with Gasteiger partial charge in [-0.05, 0) is 6.42 Å². The molecule has 2 atom stereocenters. The summed E-state index contributed by atoms with van der Waals surface area (Å²) < 4.78 is 0. The number of nitrogens with zero attached hydrogens (tertiary/aromatic N) is 1. The summed E-state index contributed by atoms with van der Waals surface area (Å²) in [6, 6.07) is 0.160. The molecule has 0 heterocycles. The molecule has 2 N–H and O–H groups in total. The molecule has 0 aromatic rings. The SMILES string of the molecule is CC1(C)C(O)CC1NC#N. The Morgan fingerprint density at radius 3 is 2.60 bits per heavy atom. The van der Waals surface area contributed by atoms with Crippen LogP contribution in [0.1, 0.15) is 20.3 Å². The fraction of sp³-hybridized carbons (Fsp3) is 0.857. The number of aliphatic hydroxyl groups is 1. The quantitative estimate of drug-likeness (QED) is 0.404. The second-order valence-electron chi connectivity index (χ2n) is 3.38. The normalized spacial score (nSPS) is 35.8. The van der Waals surface area contributed by atoms with Gasteiger partial charge in [-0.2, -0.15) is 5.26 Å². The minimum absolute atomic E-state index is 0.129. The maximum absolute atomic E-state index is 9.22. The zero-order valence-electron chi connectivity index (χ0n) is 6.26. The summed E-state index contributed by atoms with van der Waals surface area (Å²) in [6.45, 7) is 3.91. The average molecular weight is 140 g/mol. The van der Waals surface area contributed by atoms with Crippen LogP contribution in [0.25, 0.3) is 0 Å². The van der Waals surface area contributed by atoms with E-state index in [2.05, 4.69) is 5.32 Å². The minimum Gasteiger partial charge on any atom is -0.392 e. The van der Waals surface area contributed by atoms with Crippen molar-refractivity contribution in [3.8, 4) is 6.19 Å².